The molecule has 0 aromatic carbocycles. The predicted octanol–water partition coefficient (Wildman–Crippen LogP) is 0.649. The van der Waals surface area contributed by atoms with Crippen LogP contribution in [0.15, 0.2) is 6.07 Å². The Hall–Kier alpha value is -2.49. The minimum absolute atomic E-state index is 0.0378. The summed E-state index contributed by atoms with van der Waals surface area (Å²) in [6.45, 7) is 5.19. The molecule has 3 N–H and O–H groups in total. The Balaban J connectivity index is 2.21. The van der Waals surface area contributed by atoms with Gasteiger partial charge in [-0.15, -0.1) is 0 Å². The number of carbonyl (C=O) groups is 1. The van der Waals surface area contributed by atoms with Crippen LogP contribution in [-0.2, 0) is 4.79 Å². The first kappa shape index (κ1) is 14.9. The highest BCUT2D eigenvalue weighted by molar-refractivity contribution is 5.73. The molecule has 0 bridgehead atoms. The van der Waals surface area contributed by atoms with E-state index in [1.54, 1.807) is 6.07 Å². The van der Waals surface area contributed by atoms with Crippen molar-refractivity contribution >= 4 is 17.4 Å². The first-order chi connectivity index (χ1) is 10.0. The van der Waals surface area contributed by atoms with Gasteiger partial charge in [0.15, 0.2) is 0 Å². The number of nitrogen functional groups attached to an aromatic ring is 1. The van der Waals surface area contributed by atoms with Crippen LogP contribution in [0.5, 0.6) is 5.88 Å². The molecular weight excluding hydrogens is 270 g/mol. The van der Waals surface area contributed by atoms with Crippen LogP contribution in [0.2, 0.25) is 0 Å². The summed E-state index contributed by atoms with van der Waals surface area (Å²) in [5.41, 5.74) is 6.52. The highest BCUT2D eigenvalue weighted by atomic mass is 16.5. The molecule has 0 radical (unpaired) electrons. The lowest BCUT2D eigenvalue weighted by Crippen LogP contribution is -2.35. The van der Waals surface area contributed by atoms with Gasteiger partial charge in [-0.2, -0.15) is 10.2 Å². The first-order valence-electron chi connectivity index (χ1n) is 6.90. The van der Waals surface area contributed by atoms with E-state index in [0.717, 1.165) is 13.0 Å². The van der Waals surface area contributed by atoms with E-state index >= 15 is 0 Å². The molecule has 1 aromatic heterocycles. The molecule has 1 aliphatic rings. The number of nitriles is 1. The molecule has 0 aliphatic carbocycles. The quantitative estimate of drug-likeness (QED) is 0.843. The molecule has 2 rings (SSSR count). The molecule has 1 aromatic rings. The molecule has 21 heavy (non-hydrogen) atoms. The smallest absolute Gasteiger partial charge is 0.235 e. The zero-order valence-electron chi connectivity index (χ0n) is 12.2. The molecule has 2 heterocycles. The summed E-state index contributed by atoms with van der Waals surface area (Å²) in [4.78, 5) is 17.5. The molecular formula is C14H19N5O2. The SMILES string of the molecule is CCOc1nc(N2CCC(NC(C)=O)C2)cc(N)c1C#N. The van der Waals surface area contributed by atoms with E-state index in [0.29, 0.717) is 24.7 Å². The number of carbonyl (C=O) groups excluding carboxylic acids is 1. The molecule has 1 aliphatic heterocycles. The number of aromatic nitrogens is 1. The number of amides is 1. The summed E-state index contributed by atoms with van der Waals surface area (Å²) < 4.78 is 5.39. The molecule has 0 spiro atoms. The number of nitrogens with two attached hydrogens (primary N) is 1. The lowest BCUT2D eigenvalue weighted by atomic mass is 10.2. The Morgan fingerprint density at radius 1 is 1.71 bits per heavy atom. The fourth-order valence-electron chi connectivity index (χ4n) is 2.42. The van der Waals surface area contributed by atoms with E-state index in [2.05, 4.69) is 10.3 Å². The fraction of sp³-hybridized carbons (Fsp3) is 0.500. The maximum Gasteiger partial charge on any atom is 0.235 e. The average molecular weight is 289 g/mol. The minimum Gasteiger partial charge on any atom is -0.477 e. The third-order valence-electron chi connectivity index (χ3n) is 3.32. The third-order valence-corrected chi connectivity index (χ3v) is 3.32. The van der Waals surface area contributed by atoms with E-state index in [1.807, 2.05) is 17.9 Å². The molecule has 1 unspecified atom stereocenters. The minimum atomic E-state index is -0.0378. The normalized spacial score (nSPS) is 17.4. The van der Waals surface area contributed by atoms with Gasteiger partial charge in [0.1, 0.15) is 17.5 Å². The predicted molar refractivity (Wildman–Crippen MR) is 79.0 cm³/mol. The van der Waals surface area contributed by atoms with Crippen molar-refractivity contribution < 1.29 is 9.53 Å². The van der Waals surface area contributed by atoms with Gasteiger partial charge in [0, 0.05) is 32.1 Å². The molecule has 1 amide bonds. The molecule has 7 nitrogen and oxygen atoms in total. The van der Waals surface area contributed by atoms with Crippen molar-refractivity contribution in [3.8, 4) is 11.9 Å². The zero-order valence-corrected chi connectivity index (χ0v) is 12.2. The van der Waals surface area contributed by atoms with Gasteiger partial charge in [0.05, 0.1) is 12.3 Å². The molecule has 0 saturated carbocycles. The van der Waals surface area contributed by atoms with Gasteiger partial charge in [-0.1, -0.05) is 0 Å². The van der Waals surface area contributed by atoms with Crippen LogP contribution < -0.4 is 20.7 Å². The summed E-state index contributed by atoms with van der Waals surface area (Å²) in [6, 6.07) is 3.80. The zero-order chi connectivity index (χ0) is 15.4. The molecule has 1 atom stereocenters. The van der Waals surface area contributed by atoms with Gasteiger partial charge in [-0.3, -0.25) is 4.79 Å². The van der Waals surface area contributed by atoms with Crippen LogP contribution >= 0.6 is 0 Å². The molecule has 112 valence electrons. The molecule has 7 heteroatoms. The lowest BCUT2D eigenvalue weighted by Gasteiger charge is -2.19. The highest BCUT2D eigenvalue weighted by Crippen LogP contribution is 2.28. The largest absolute Gasteiger partial charge is 0.477 e. The van der Waals surface area contributed by atoms with Gasteiger partial charge >= 0.3 is 0 Å². The summed E-state index contributed by atoms with van der Waals surface area (Å²) >= 11 is 0. The van der Waals surface area contributed by atoms with Crippen LogP contribution in [0.3, 0.4) is 0 Å². The van der Waals surface area contributed by atoms with Crippen molar-refractivity contribution in [1.82, 2.24) is 10.3 Å². The van der Waals surface area contributed by atoms with Gasteiger partial charge in [-0.05, 0) is 13.3 Å². The Labute approximate surface area is 123 Å². The maximum atomic E-state index is 11.1. The second kappa shape index (κ2) is 6.31. The van der Waals surface area contributed by atoms with E-state index < -0.39 is 0 Å². The maximum absolute atomic E-state index is 11.1. The summed E-state index contributed by atoms with van der Waals surface area (Å²) in [6.07, 6.45) is 0.852. The van der Waals surface area contributed by atoms with Crippen molar-refractivity contribution in [3.63, 3.8) is 0 Å². The average Bonchev–Trinajstić information content (AvgIpc) is 2.86. The third kappa shape index (κ3) is 3.34. The number of hydrogen-bond acceptors (Lipinski definition) is 6. The van der Waals surface area contributed by atoms with Crippen LogP contribution in [-0.4, -0.2) is 36.6 Å². The Bertz CT molecular complexity index is 581. The number of hydrogen-bond donors (Lipinski definition) is 2. The Morgan fingerprint density at radius 2 is 2.48 bits per heavy atom. The number of anilines is 2. The summed E-state index contributed by atoms with van der Waals surface area (Å²) in [7, 11) is 0. The molecule has 1 saturated heterocycles. The second-order valence-electron chi connectivity index (χ2n) is 4.93. The van der Waals surface area contributed by atoms with Crippen molar-refractivity contribution in [2.45, 2.75) is 26.3 Å². The van der Waals surface area contributed by atoms with Crippen molar-refractivity contribution in [2.24, 2.45) is 0 Å². The lowest BCUT2D eigenvalue weighted by molar-refractivity contribution is -0.119. The van der Waals surface area contributed by atoms with Crippen molar-refractivity contribution in [2.75, 3.05) is 30.3 Å². The van der Waals surface area contributed by atoms with E-state index in [4.69, 9.17) is 15.7 Å². The number of nitrogens with one attached hydrogen (secondary N) is 1. The van der Waals surface area contributed by atoms with Crippen LogP contribution in [0.25, 0.3) is 0 Å². The van der Waals surface area contributed by atoms with E-state index in [1.165, 1.54) is 6.92 Å². The second-order valence-corrected chi connectivity index (χ2v) is 4.93. The summed E-state index contributed by atoms with van der Waals surface area (Å²) in [5, 5.41) is 12.0. The molecule has 1 fully saturated rings. The monoisotopic (exact) mass is 289 g/mol. The van der Waals surface area contributed by atoms with Crippen LogP contribution in [0.1, 0.15) is 25.8 Å². The Kier molecular flexibility index (Phi) is 4.48. The van der Waals surface area contributed by atoms with Gasteiger partial charge in [-0.25, -0.2) is 0 Å². The number of ether oxygens (including phenoxy) is 1. The fourth-order valence-corrected chi connectivity index (χ4v) is 2.42. The Morgan fingerprint density at radius 3 is 3.10 bits per heavy atom. The highest BCUT2D eigenvalue weighted by Gasteiger charge is 2.25. The van der Waals surface area contributed by atoms with Crippen LogP contribution in [0.4, 0.5) is 11.5 Å². The summed E-state index contributed by atoms with van der Waals surface area (Å²) in [5.74, 6) is 0.893. The number of rotatable bonds is 4. The van der Waals surface area contributed by atoms with E-state index in [9.17, 15) is 4.79 Å². The number of pyridine rings is 1. The first-order valence-corrected chi connectivity index (χ1v) is 6.90. The topological polar surface area (TPSA) is 104 Å². The van der Waals surface area contributed by atoms with Gasteiger partial charge in [0.25, 0.3) is 0 Å². The van der Waals surface area contributed by atoms with Gasteiger partial charge in [0.2, 0.25) is 11.8 Å². The van der Waals surface area contributed by atoms with Crippen molar-refractivity contribution in [3.05, 3.63) is 11.6 Å². The number of nitrogens with zero attached hydrogens (tertiary/aromatic N) is 3. The van der Waals surface area contributed by atoms with E-state index in [-0.39, 0.29) is 23.4 Å². The van der Waals surface area contributed by atoms with Gasteiger partial charge < -0.3 is 20.7 Å². The van der Waals surface area contributed by atoms with Crippen LogP contribution in [0, 0.1) is 11.3 Å². The standard InChI is InChI=1S/C14H19N5O2/c1-3-21-14-11(7-15)12(16)6-13(18-14)19-5-4-10(8-19)17-9(2)20/h6,10H,3-5,8H2,1-2H3,(H2,16,18)(H,17,20). The van der Waals surface area contributed by atoms with Crippen molar-refractivity contribution in [1.29, 1.82) is 5.26 Å².